The van der Waals surface area contributed by atoms with Gasteiger partial charge in [0.05, 0.1) is 6.26 Å². The molecule has 118 valence electrons. The molecule has 2 aromatic rings. The van der Waals surface area contributed by atoms with E-state index in [0.717, 1.165) is 11.8 Å². The number of allylic oxidation sites excluding steroid dienone is 2. The zero-order chi connectivity index (χ0) is 16.7. The van der Waals surface area contributed by atoms with Crippen LogP contribution in [-0.2, 0) is 14.9 Å². The Balaban J connectivity index is 2.03. The molecule has 0 amide bonds. The summed E-state index contributed by atoms with van der Waals surface area (Å²) in [5, 5.41) is 0. The minimum Gasteiger partial charge on any atom is -0.383 e. The molecule has 0 aliphatic rings. The van der Waals surface area contributed by atoms with Crippen LogP contribution in [0.2, 0.25) is 0 Å². The van der Waals surface area contributed by atoms with E-state index in [4.69, 9.17) is 4.18 Å². The number of carbonyl (C=O) groups is 1. The van der Waals surface area contributed by atoms with Gasteiger partial charge >= 0.3 is 10.1 Å². The lowest BCUT2D eigenvalue weighted by atomic mass is 10.1. The second kappa shape index (κ2) is 7.56. The van der Waals surface area contributed by atoms with Gasteiger partial charge in [-0.1, -0.05) is 54.6 Å². The van der Waals surface area contributed by atoms with Crippen molar-refractivity contribution in [3.05, 3.63) is 77.9 Å². The van der Waals surface area contributed by atoms with Crippen LogP contribution in [0.25, 0.3) is 12.2 Å². The van der Waals surface area contributed by atoms with Crippen molar-refractivity contribution in [1.29, 1.82) is 0 Å². The van der Waals surface area contributed by atoms with E-state index in [1.165, 1.54) is 18.2 Å². The van der Waals surface area contributed by atoms with E-state index in [0.29, 0.717) is 5.56 Å². The molecule has 0 atom stereocenters. The van der Waals surface area contributed by atoms with Gasteiger partial charge in [-0.25, -0.2) is 0 Å². The predicted molar refractivity (Wildman–Crippen MR) is 91.4 cm³/mol. The topological polar surface area (TPSA) is 60.4 Å². The summed E-state index contributed by atoms with van der Waals surface area (Å²) in [4.78, 5) is 11.8. The molecule has 0 aromatic heterocycles. The number of hydrogen-bond acceptors (Lipinski definition) is 4. The second-order valence-corrected chi connectivity index (χ2v) is 6.41. The molecule has 5 heteroatoms. The number of hydrogen-bond donors (Lipinski definition) is 0. The van der Waals surface area contributed by atoms with E-state index >= 15 is 0 Å². The summed E-state index contributed by atoms with van der Waals surface area (Å²) in [6, 6.07) is 16.0. The largest absolute Gasteiger partial charge is 0.383 e. The van der Waals surface area contributed by atoms with Crippen LogP contribution in [0.4, 0.5) is 0 Å². The first-order valence-corrected chi connectivity index (χ1v) is 8.69. The molecular formula is C18H16O4S. The molecule has 0 bridgehead atoms. The molecular weight excluding hydrogens is 312 g/mol. The summed E-state index contributed by atoms with van der Waals surface area (Å²) in [7, 11) is -3.57. The van der Waals surface area contributed by atoms with Gasteiger partial charge in [0.15, 0.2) is 5.78 Å². The molecule has 23 heavy (non-hydrogen) atoms. The zero-order valence-electron chi connectivity index (χ0n) is 12.5. The third kappa shape index (κ3) is 6.32. The lowest BCUT2D eigenvalue weighted by Crippen LogP contribution is -2.05. The monoisotopic (exact) mass is 328 g/mol. The van der Waals surface area contributed by atoms with Gasteiger partial charge in [0, 0.05) is 0 Å². The molecule has 0 aliphatic carbocycles. The molecule has 0 heterocycles. The summed E-state index contributed by atoms with van der Waals surface area (Å²) in [6.07, 6.45) is 7.21. The minimum absolute atomic E-state index is 0.164. The van der Waals surface area contributed by atoms with Gasteiger partial charge in [-0.05, 0) is 35.4 Å². The lowest BCUT2D eigenvalue weighted by Gasteiger charge is -2.02. The molecule has 0 saturated carbocycles. The average molecular weight is 328 g/mol. The van der Waals surface area contributed by atoms with Crippen molar-refractivity contribution in [2.24, 2.45) is 0 Å². The normalized spacial score (nSPS) is 11.9. The fourth-order valence-electron chi connectivity index (χ4n) is 1.82. The van der Waals surface area contributed by atoms with Gasteiger partial charge in [-0.15, -0.1) is 0 Å². The lowest BCUT2D eigenvalue weighted by molar-refractivity contribution is -0.110. The van der Waals surface area contributed by atoms with Crippen LogP contribution >= 0.6 is 0 Å². The third-order valence-corrected chi connectivity index (χ3v) is 3.28. The molecule has 2 aromatic carbocycles. The van der Waals surface area contributed by atoms with E-state index in [1.807, 2.05) is 30.3 Å². The maximum absolute atomic E-state index is 11.8. The zero-order valence-corrected chi connectivity index (χ0v) is 13.4. The first kappa shape index (κ1) is 16.7. The second-order valence-electron chi connectivity index (χ2n) is 4.84. The number of benzene rings is 2. The Hall–Kier alpha value is -2.66. The fourth-order valence-corrected chi connectivity index (χ4v) is 2.27. The Bertz CT molecular complexity index is 834. The van der Waals surface area contributed by atoms with Crippen molar-refractivity contribution in [2.45, 2.75) is 0 Å². The van der Waals surface area contributed by atoms with Crippen molar-refractivity contribution < 1.29 is 17.4 Å². The Labute approximate surface area is 135 Å². The highest BCUT2D eigenvalue weighted by atomic mass is 32.2. The van der Waals surface area contributed by atoms with Crippen molar-refractivity contribution in [2.75, 3.05) is 6.26 Å². The maximum atomic E-state index is 11.8. The molecule has 0 radical (unpaired) electrons. The predicted octanol–water partition coefficient (Wildman–Crippen LogP) is 3.32. The van der Waals surface area contributed by atoms with Gasteiger partial charge in [0.25, 0.3) is 0 Å². The Kier molecular flexibility index (Phi) is 5.49. The smallest absolute Gasteiger partial charge is 0.306 e. The molecule has 4 nitrogen and oxygen atoms in total. The SMILES string of the molecule is CS(=O)(=O)Oc1cccc(/C=C/C(=O)/C=C/c2ccccc2)c1. The van der Waals surface area contributed by atoms with Crippen molar-refractivity contribution in [3.8, 4) is 5.75 Å². The van der Waals surface area contributed by atoms with Crippen LogP contribution in [0.1, 0.15) is 11.1 Å². The van der Waals surface area contributed by atoms with E-state index in [2.05, 4.69) is 0 Å². The van der Waals surface area contributed by atoms with E-state index in [-0.39, 0.29) is 11.5 Å². The van der Waals surface area contributed by atoms with Gasteiger partial charge < -0.3 is 4.18 Å². The quantitative estimate of drug-likeness (QED) is 0.603. The summed E-state index contributed by atoms with van der Waals surface area (Å²) in [6.45, 7) is 0. The molecule has 0 fully saturated rings. The van der Waals surface area contributed by atoms with Crippen LogP contribution in [0.15, 0.2) is 66.7 Å². The maximum Gasteiger partial charge on any atom is 0.306 e. The fraction of sp³-hybridized carbons (Fsp3) is 0.0556. The number of rotatable bonds is 6. The molecule has 0 unspecified atom stereocenters. The molecule has 0 spiro atoms. The molecule has 2 rings (SSSR count). The first-order valence-electron chi connectivity index (χ1n) is 6.87. The van der Waals surface area contributed by atoms with Crippen LogP contribution in [0, 0.1) is 0 Å². The van der Waals surface area contributed by atoms with Crippen molar-refractivity contribution in [1.82, 2.24) is 0 Å². The Morgan fingerprint density at radius 3 is 2.17 bits per heavy atom. The van der Waals surface area contributed by atoms with E-state index < -0.39 is 10.1 Å². The summed E-state index contributed by atoms with van der Waals surface area (Å²) in [5.41, 5.74) is 1.62. The van der Waals surface area contributed by atoms with Crippen LogP contribution in [0.3, 0.4) is 0 Å². The molecule has 0 aliphatic heterocycles. The van der Waals surface area contributed by atoms with Crippen LogP contribution < -0.4 is 4.18 Å². The van der Waals surface area contributed by atoms with Gasteiger partial charge in [0.1, 0.15) is 5.75 Å². The highest BCUT2D eigenvalue weighted by molar-refractivity contribution is 7.86. The Morgan fingerprint density at radius 2 is 1.52 bits per heavy atom. The van der Waals surface area contributed by atoms with Gasteiger partial charge in [-0.3, -0.25) is 4.79 Å². The van der Waals surface area contributed by atoms with Crippen LogP contribution in [0.5, 0.6) is 5.75 Å². The molecule has 0 N–H and O–H groups in total. The summed E-state index contributed by atoms with van der Waals surface area (Å²) < 4.78 is 27.0. The highest BCUT2D eigenvalue weighted by Crippen LogP contribution is 2.16. The Morgan fingerprint density at radius 1 is 0.913 bits per heavy atom. The average Bonchev–Trinajstić information content (AvgIpc) is 2.51. The van der Waals surface area contributed by atoms with E-state index in [1.54, 1.807) is 30.4 Å². The highest BCUT2D eigenvalue weighted by Gasteiger charge is 2.03. The van der Waals surface area contributed by atoms with Crippen molar-refractivity contribution >= 4 is 28.1 Å². The number of ketones is 1. The third-order valence-electron chi connectivity index (χ3n) is 2.79. The van der Waals surface area contributed by atoms with Crippen molar-refractivity contribution in [3.63, 3.8) is 0 Å². The number of carbonyl (C=O) groups excluding carboxylic acids is 1. The van der Waals surface area contributed by atoms with Crippen LogP contribution in [-0.4, -0.2) is 20.5 Å². The van der Waals surface area contributed by atoms with E-state index in [9.17, 15) is 13.2 Å². The first-order chi connectivity index (χ1) is 10.9. The summed E-state index contributed by atoms with van der Waals surface area (Å²) >= 11 is 0. The molecule has 0 saturated heterocycles. The minimum atomic E-state index is -3.57. The standard InChI is InChI=1S/C18H16O4S/c1-23(20,21)22-18-9-5-8-16(14-18)11-13-17(19)12-10-15-6-3-2-4-7-15/h2-14H,1H3/b12-10+,13-11+. The summed E-state index contributed by atoms with van der Waals surface area (Å²) in [5.74, 6) is 0.0465. The van der Waals surface area contributed by atoms with Gasteiger partial charge in [-0.2, -0.15) is 8.42 Å². The van der Waals surface area contributed by atoms with Gasteiger partial charge in [0.2, 0.25) is 0 Å².